The fraction of sp³-hybridized carbons (Fsp3) is 1.00. The van der Waals surface area contributed by atoms with Gasteiger partial charge in [-0.1, -0.05) is 6.92 Å². The summed E-state index contributed by atoms with van der Waals surface area (Å²) in [6.45, 7) is 9.56. The molecule has 1 rings (SSSR count). The molecule has 0 aromatic rings. The van der Waals surface area contributed by atoms with Crippen LogP contribution in [0.4, 0.5) is 0 Å². The number of hydrogen-bond acceptors (Lipinski definition) is 4. The van der Waals surface area contributed by atoms with E-state index in [1.165, 1.54) is 45.2 Å². The van der Waals surface area contributed by atoms with Crippen molar-refractivity contribution >= 4 is 10.0 Å². The summed E-state index contributed by atoms with van der Waals surface area (Å²) in [6, 6.07) is 0.525. The average molecular weight is 305 g/mol. The third-order valence-corrected chi connectivity index (χ3v) is 4.79. The first-order valence-corrected chi connectivity index (χ1v) is 9.72. The molecule has 20 heavy (non-hydrogen) atoms. The quantitative estimate of drug-likeness (QED) is 0.625. The van der Waals surface area contributed by atoms with Crippen LogP contribution in [0.15, 0.2) is 0 Å². The molecule has 120 valence electrons. The van der Waals surface area contributed by atoms with Crippen LogP contribution in [0.1, 0.15) is 39.5 Å². The van der Waals surface area contributed by atoms with Crippen LogP contribution < -0.4 is 10.0 Å². The van der Waals surface area contributed by atoms with Crippen molar-refractivity contribution in [2.24, 2.45) is 5.92 Å². The minimum absolute atomic E-state index is 0.521. The van der Waals surface area contributed by atoms with Crippen molar-refractivity contribution in [3.8, 4) is 0 Å². The molecule has 0 amide bonds. The van der Waals surface area contributed by atoms with E-state index in [1.807, 2.05) is 0 Å². The van der Waals surface area contributed by atoms with Gasteiger partial charge in [0.25, 0.3) is 0 Å². The third kappa shape index (κ3) is 7.57. The van der Waals surface area contributed by atoms with Gasteiger partial charge in [-0.05, 0) is 64.7 Å². The lowest BCUT2D eigenvalue weighted by molar-refractivity contribution is 0.163. The molecule has 1 aliphatic rings. The van der Waals surface area contributed by atoms with Crippen molar-refractivity contribution in [2.75, 3.05) is 39.0 Å². The van der Waals surface area contributed by atoms with Gasteiger partial charge in [-0.15, -0.1) is 0 Å². The Hall–Kier alpha value is -0.170. The van der Waals surface area contributed by atoms with Crippen LogP contribution in [0.3, 0.4) is 0 Å². The number of sulfonamides is 1. The molecule has 0 bridgehead atoms. The number of piperidine rings is 1. The Morgan fingerprint density at radius 3 is 2.45 bits per heavy atom. The number of nitrogens with one attached hydrogen (secondary N) is 2. The predicted octanol–water partition coefficient (Wildman–Crippen LogP) is 1.03. The second kappa shape index (κ2) is 8.97. The van der Waals surface area contributed by atoms with Crippen molar-refractivity contribution in [1.29, 1.82) is 0 Å². The molecule has 2 N–H and O–H groups in total. The largest absolute Gasteiger partial charge is 0.314 e. The van der Waals surface area contributed by atoms with Crippen LogP contribution in [-0.2, 0) is 10.0 Å². The number of hydrogen-bond donors (Lipinski definition) is 2. The molecule has 5 nitrogen and oxygen atoms in total. The van der Waals surface area contributed by atoms with Crippen LogP contribution in [0.2, 0.25) is 0 Å². The first-order valence-electron chi connectivity index (χ1n) is 7.82. The van der Waals surface area contributed by atoms with Crippen molar-refractivity contribution in [3.05, 3.63) is 0 Å². The Kier molecular flexibility index (Phi) is 8.02. The monoisotopic (exact) mass is 305 g/mol. The third-order valence-electron chi connectivity index (χ3n) is 4.06. The lowest BCUT2D eigenvalue weighted by Gasteiger charge is -2.35. The molecule has 0 spiro atoms. The van der Waals surface area contributed by atoms with Gasteiger partial charge in [0.05, 0.1) is 6.26 Å². The Morgan fingerprint density at radius 2 is 1.90 bits per heavy atom. The zero-order valence-corrected chi connectivity index (χ0v) is 14.0. The summed E-state index contributed by atoms with van der Waals surface area (Å²) in [5.74, 6) is 0.756. The maximum atomic E-state index is 10.9. The molecular formula is C14H31N3O2S. The number of rotatable bonds is 9. The van der Waals surface area contributed by atoms with E-state index < -0.39 is 10.0 Å². The van der Waals surface area contributed by atoms with E-state index in [4.69, 9.17) is 0 Å². The Balaban J connectivity index is 2.10. The summed E-state index contributed by atoms with van der Waals surface area (Å²) in [5.41, 5.74) is 0. The van der Waals surface area contributed by atoms with Crippen LogP contribution in [0, 0.1) is 5.92 Å². The van der Waals surface area contributed by atoms with Crippen LogP contribution in [-0.4, -0.2) is 58.3 Å². The summed E-state index contributed by atoms with van der Waals surface area (Å²) in [6.07, 6.45) is 5.83. The van der Waals surface area contributed by atoms with Gasteiger partial charge in [-0.2, -0.15) is 0 Å². The fourth-order valence-corrected chi connectivity index (χ4v) is 3.35. The lowest BCUT2D eigenvalue weighted by atomic mass is 9.90. The summed E-state index contributed by atoms with van der Waals surface area (Å²) in [7, 11) is -3.04. The van der Waals surface area contributed by atoms with Crippen LogP contribution >= 0.6 is 0 Å². The van der Waals surface area contributed by atoms with Crippen molar-refractivity contribution in [3.63, 3.8) is 0 Å². The Bertz CT molecular complexity index is 351. The van der Waals surface area contributed by atoms with E-state index in [1.54, 1.807) is 0 Å². The Morgan fingerprint density at radius 1 is 1.25 bits per heavy atom. The van der Waals surface area contributed by atoms with Crippen LogP contribution in [0.5, 0.6) is 0 Å². The minimum atomic E-state index is -3.04. The van der Waals surface area contributed by atoms with Gasteiger partial charge in [0.15, 0.2) is 0 Å². The predicted molar refractivity (Wildman–Crippen MR) is 84.4 cm³/mol. The molecule has 1 atom stereocenters. The van der Waals surface area contributed by atoms with E-state index in [9.17, 15) is 8.42 Å². The second-order valence-electron chi connectivity index (χ2n) is 5.94. The molecule has 0 radical (unpaired) electrons. The van der Waals surface area contributed by atoms with E-state index in [-0.39, 0.29) is 0 Å². The molecule has 1 fully saturated rings. The summed E-state index contributed by atoms with van der Waals surface area (Å²) in [4.78, 5) is 2.55. The van der Waals surface area contributed by atoms with Gasteiger partial charge < -0.3 is 10.2 Å². The molecule has 0 saturated carbocycles. The number of likely N-dealkylation sites (tertiary alicyclic amines) is 1. The second-order valence-corrected chi connectivity index (χ2v) is 7.77. The summed E-state index contributed by atoms with van der Waals surface area (Å²) < 4.78 is 24.4. The molecule has 1 heterocycles. The smallest absolute Gasteiger partial charge is 0.208 e. The lowest BCUT2D eigenvalue weighted by Crippen LogP contribution is -2.42. The highest BCUT2D eigenvalue weighted by molar-refractivity contribution is 7.88. The van der Waals surface area contributed by atoms with E-state index in [2.05, 4.69) is 28.8 Å². The van der Waals surface area contributed by atoms with E-state index in [0.717, 1.165) is 18.9 Å². The van der Waals surface area contributed by atoms with Gasteiger partial charge >= 0.3 is 0 Å². The molecule has 0 aliphatic carbocycles. The molecule has 1 aliphatic heterocycles. The Labute approximate surface area is 124 Å². The first-order chi connectivity index (χ1) is 9.42. The maximum Gasteiger partial charge on any atom is 0.208 e. The zero-order valence-electron chi connectivity index (χ0n) is 13.2. The molecule has 6 heteroatoms. The zero-order chi connectivity index (χ0) is 15.0. The fourth-order valence-electron chi connectivity index (χ4n) is 2.84. The molecule has 1 saturated heterocycles. The topological polar surface area (TPSA) is 61.4 Å². The van der Waals surface area contributed by atoms with E-state index >= 15 is 0 Å². The van der Waals surface area contributed by atoms with Crippen LogP contribution in [0.25, 0.3) is 0 Å². The highest BCUT2D eigenvalue weighted by atomic mass is 32.2. The normalized spacial score (nSPS) is 20.1. The molecule has 0 aromatic heterocycles. The summed E-state index contributed by atoms with van der Waals surface area (Å²) in [5, 5.41) is 3.53. The van der Waals surface area contributed by atoms with Gasteiger partial charge in [-0.3, -0.25) is 0 Å². The van der Waals surface area contributed by atoms with Crippen molar-refractivity contribution in [2.45, 2.75) is 45.6 Å². The maximum absolute atomic E-state index is 10.9. The number of nitrogens with zero attached hydrogens (tertiary/aromatic N) is 1. The van der Waals surface area contributed by atoms with Crippen molar-refractivity contribution in [1.82, 2.24) is 14.9 Å². The highest BCUT2D eigenvalue weighted by Crippen LogP contribution is 2.20. The van der Waals surface area contributed by atoms with Gasteiger partial charge in [0, 0.05) is 12.6 Å². The first kappa shape index (κ1) is 17.9. The van der Waals surface area contributed by atoms with E-state index in [0.29, 0.717) is 12.6 Å². The average Bonchev–Trinajstić information content (AvgIpc) is 2.38. The highest BCUT2D eigenvalue weighted by Gasteiger charge is 2.22. The molecular weight excluding hydrogens is 274 g/mol. The SMILES string of the molecule is CCCN1CCC(C(C)NCCCNS(C)(=O)=O)CC1. The molecule has 1 unspecified atom stereocenters. The standard InChI is InChI=1S/C14H31N3O2S/c1-4-10-17-11-6-14(7-12-17)13(2)15-8-5-9-16-20(3,18)19/h13-16H,4-12H2,1-3H3. The molecule has 0 aromatic carbocycles. The summed E-state index contributed by atoms with van der Waals surface area (Å²) >= 11 is 0. The van der Waals surface area contributed by atoms with Gasteiger partial charge in [0.1, 0.15) is 0 Å². The minimum Gasteiger partial charge on any atom is -0.314 e. The van der Waals surface area contributed by atoms with Gasteiger partial charge in [0.2, 0.25) is 10.0 Å². The van der Waals surface area contributed by atoms with Gasteiger partial charge in [-0.25, -0.2) is 13.1 Å². The van der Waals surface area contributed by atoms with Crippen molar-refractivity contribution < 1.29 is 8.42 Å².